The van der Waals surface area contributed by atoms with E-state index in [1.807, 2.05) is 54.9 Å². The Morgan fingerprint density at radius 1 is 0.580 bits per heavy atom. The molecule has 0 saturated carbocycles. The van der Waals surface area contributed by atoms with E-state index >= 15 is 0 Å². The van der Waals surface area contributed by atoms with E-state index < -0.39 is 0 Å². The van der Waals surface area contributed by atoms with Gasteiger partial charge in [0.1, 0.15) is 11.5 Å². The summed E-state index contributed by atoms with van der Waals surface area (Å²) >= 11 is 0. The minimum Gasteiger partial charge on any atom is -0.503 e. The van der Waals surface area contributed by atoms with Crippen LogP contribution in [0.15, 0.2) is 128 Å². The molecule has 0 N–H and O–H groups in total. The van der Waals surface area contributed by atoms with Gasteiger partial charge in [0.25, 0.3) is 0 Å². The van der Waals surface area contributed by atoms with Crippen LogP contribution in [0.1, 0.15) is 22.3 Å². The fourth-order valence-corrected chi connectivity index (χ4v) is 6.54. The average Bonchev–Trinajstić information content (AvgIpc) is 3.14. The van der Waals surface area contributed by atoms with Crippen molar-refractivity contribution in [1.82, 2.24) is 9.97 Å². The van der Waals surface area contributed by atoms with Crippen LogP contribution in [0.4, 0.5) is 0 Å². The molecule has 245 valence electrons. The molecule has 1 radical (unpaired) electrons. The van der Waals surface area contributed by atoms with Crippen molar-refractivity contribution in [3.8, 4) is 56.6 Å². The monoisotopic (exact) mass is 825 g/mol. The van der Waals surface area contributed by atoms with Gasteiger partial charge in [0.15, 0.2) is 0 Å². The second-order valence-corrected chi connectivity index (χ2v) is 12.7. The molecule has 0 unspecified atom stereocenters. The van der Waals surface area contributed by atoms with Gasteiger partial charge in [0, 0.05) is 44.0 Å². The van der Waals surface area contributed by atoms with E-state index in [4.69, 9.17) is 14.5 Å². The third-order valence-corrected chi connectivity index (χ3v) is 9.33. The van der Waals surface area contributed by atoms with Gasteiger partial charge in [-0.05, 0) is 77.5 Å². The molecule has 0 bridgehead atoms. The first-order valence-corrected chi connectivity index (χ1v) is 16.5. The number of para-hydroxylation sites is 2. The van der Waals surface area contributed by atoms with Crippen LogP contribution in [0.25, 0.3) is 33.6 Å². The Hall–Kier alpha value is -5.29. The van der Waals surface area contributed by atoms with E-state index in [-0.39, 0.29) is 26.8 Å². The van der Waals surface area contributed by atoms with Crippen molar-refractivity contribution in [2.24, 2.45) is 0 Å². The fraction of sp³-hybridized carbons (Fsp3) is 0.0909. The fourth-order valence-electron chi connectivity index (χ4n) is 6.54. The summed E-state index contributed by atoms with van der Waals surface area (Å²) in [5.41, 5.74) is 14.2. The van der Waals surface area contributed by atoms with Crippen LogP contribution in [0.5, 0.6) is 23.0 Å². The summed E-state index contributed by atoms with van der Waals surface area (Å²) in [4.78, 5) is 9.20. The molecule has 9 rings (SSSR count). The molecule has 5 aromatic carbocycles. The van der Waals surface area contributed by atoms with E-state index in [9.17, 15) is 0 Å². The number of aromatic nitrogens is 2. The molecule has 4 nitrogen and oxygen atoms in total. The van der Waals surface area contributed by atoms with E-state index in [1.165, 1.54) is 16.7 Å². The van der Waals surface area contributed by atoms with Gasteiger partial charge in [-0.15, -0.1) is 47.5 Å². The maximum absolute atomic E-state index is 6.55. The topological polar surface area (TPSA) is 44.2 Å². The summed E-state index contributed by atoms with van der Waals surface area (Å²) in [5, 5.41) is 0. The van der Waals surface area contributed by atoms with Crippen LogP contribution in [0.2, 0.25) is 0 Å². The van der Waals surface area contributed by atoms with Crippen molar-refractivity contribution in [3.63, 3.8) is 0 Å². The van der Waals surface area contributed by atoms with Gasteiger partial charge in [0.2, 0.25) is 6.71 Å². The summed E-state index contributed by atoms with van der Waals surface area (Å²) in [6.45, 7) is 8.37. The molecule has 2 aliphatic heterocycles. The van der Waals surface area contributed by atoms with Gasteiger partial charge < -0.3 is 19.4 Å². The molecule has 2 aliphatic rings. The van der Waals surface area contributed by atoms with Gasteiger partial charge in [-0.3, -0.25) is 0 Å². The summed E-state index contributed by atoms with van der Waals surface area (Å²) in [7, 11) is 0. The molecule has 0 fully saturated rings. The predicted molar refractivity (Wildman–Crippen MR) is 199 cm³/mol. The Morgan fingerprint density at radius 2 is 1.24 bits per heavy atom. The number of ether oxygens (including phenoxy) is 2. The number of benzene rings is 5. The Labute approximate surface area is 307 Å². The van der Waals surface area contributed by atoms with Crippen molar-refractivity contribution in [1.29, 1.82) is 0 Å². The Balaban J connectivity index is 0.000000207. The number of fused-ring (bicyclic) bond motifs is 4. The number of pyridine rings is 2. The van der Waals surface area contributed by atoms with Gasteiger partial charge in [-0.1, -0.05) is 102 Å². The maximum Gasteiger partial charge on any atom is 0.239 e. The van der Waals surface area contributed by atoms with E-state index in [0.717, 1.165) is 78.6 Å². The van der Waals surface area contributed by atoms with Gasteiger partial charge in [-0.25, -0.2) is 0 Å². The number of rotatable bonds is 3. The zero-order chi connectivity index (χ0) is 33.5. The zero-order valence-electron chi connectivity index (χ0n) is 28.2. The molecule has 0 aliphatic carbocycles. The first-order valence-electron chi connectivity index (χ1n) is 16.5. The van der Waals surface area contributed by atoms with Crippen LogP contribution in [-0.4, -0.2) is 16.7 Å². The largest absolute Gasteiger partial charge is 0.503 e. The number of aryl methyl sites for hydroxylation is 4. The minimum absolute atomic E-state index is 0. The van der Waals surface area contributed by atoms with Gasteiger partial charge >= 0.3 is 0 Å². The van der Waals surface area contributed by atoms with E-state index in [1.54, 1.807) is 0 Å². The molecule has 0 saturated heterocycles. The number of nitrogens with zero attached hydrogens (tertiary/aromatic N) is 2. The van der Waals surface area contributed by atoms with E-state index in [2.05, 4.69) is 118 Å². The van der Waals surface area contributed by atoms with Crippen molar-refractivity contribution in [3.05, 3.63) is 162 Å². The smallest absolute Gasteiger partial charge is 0.239 e. The molecule has 0 spiro atoms. The van der Waals surface area contributed by atoms with Gasteiger partial charge in [-0.2, -0.15) is 0 Å². The summed E-state index contributed by atoms with van der Waals surface area (Å²) in [5.74, 6) is 3.29. The third kappa shape index (κ3) is 6.17. The third-order valence-electron chi connectivity index (χ3n) is 9.33. The molecule has 4 heterocycles. The maximum atomic E-state index is 6.55. The van der Waals surface area contributed by atoms with Crippen LogP contribution in [0.3, 0.4) is 0 Å². The average molecular weight is 825 g/mol. The van der Waals surface area contributed by atoms with Crippen molar-refractivity contribution >= 4 is 23.1 Å². The Morgan fingerprint density at radius 3 is 1.94 bits per heavy atom. The first kappa shape index (κ1) is 33.2. The quantitative estimate of drug-likeness (QED) is 0.132. The second-order valence-electron chi connectivity index (χ2n) is 12.7. The zero-order valence-corrected chi connectivity index (χ0v) is 30.6. The van der Waals surface area contributed by atoms with Crippen LogP contribution in [0, 0.1) is 39.8 Å². The van der Waals surface area contributed by atoms with Crippen LogP contribution < -0.4 is 25.9 Å². The van der Waals surface area contributed by atoms with Crippen molar-refractivity contribution < 1.29 is 29.6 Å². The first-order chi connectivity index (χ1) is 23.9. The van der Waals surface area contributed by atoms with Crippen molar-refractivity contribution in [2.75, 3.05) is 0 Å². The van der Waals surface area contributed by atoms with E-state index in [0.29, 0.717) is 0 Å². The number of hydrogen-bond donors (Lipinski definition) is 0. The SMILES string of the molecule is Cc1c[c-]c(-c2cc(C)c(C)cn2)cc1.Cc1cnc(-c2[c-]cc3c4c2Oc2ccccc2B4c2ccccc2O3)cc1-c1ccccc1.[Ir]. The van der Waals surface area contributed by atoms with Crippen LogP contribution in [-0.2, 0) is 20.1 Å². The Bertz CT molecular complexity index is 2330. The number of hydrogen-bond acceptors (Lipinski definition) is 4. The predicted octanol–water partition coefficient (Wildman–Crippen LogP) is 8.72. The summed E-state index contributed by atoms with van der Waals surface area (Å²) in [6, 6.07) is 45.9. The summed E-state index contributed by atoms with van der Waals surface area (Å²) in [6.07, 6.45) is 3.84. The van der Waals surface area contributed by atoms with Crippen molar-refractivity contribution in [2.45, 2.75) is 27.7 Å². The Kier molecular flexibility index (Phi) is 9.24. The molecule has 2 aromatic heterocycles. The molecular formula is C44H33BIrN2O2-2. The molecule has 6 heteroatoms. The van der Waals surface area contributed by atoms with Crippen LogP contribution >= 0.6 is 0 Å². The molecule has 0 amide bonds. The standard InChI is InChI=1S/C30H19BNO2.C14H14N.Ir/c1-19-18-32-25(17-22(19)20-9-3-2-4-10-20)21-15-16-28-29-30(21)34-27-14-8-6-12-24(27)31(29)23-11-5-7-13-26(23)33-28;1-10-4-6-13(7-5-10)14-8-11(2)12(3)9-15-14;/h2-14,16-18H,1H3;4-6,8-9H,1-3H3;/q2*-1;. The molecule has 7 aromatic rings. The summed E-state index contributed by atoms with van der Waals surface area (Å²) < 4.78 is 12.9. The normalized spacial score (nSPS) is 11.7. The molecular weight excluding hydrogens is 792 g/mol. The van der Waals surface area contributed by atoms with Gasteiger partial charge in [0.05, 0.1) is 0 Å². The second kappa shape index (κ2) is 13.9. The molecule has 0 atom stereocenters. The minimum atomic E-state index is 0. The molecule has 50 heavy (non-hydrogen) atoms.